The van der Waals surface area contributed by atoms with E-state index in [0.717, 1.165) is 13.0 Å². The maximum atomic E-state index is 6.73. The zero-order chi connectivity index (χ0) is 7.82. The maximum absolute atomic E-state index is 6.73. The van der Waals surface area contributed by atoms with Crippen molar-refractivity contribution in [1.82, 2.24) is 11.1 Å². The molecule has 59 valence electrons. The molecular weight excluding hydrogens is 126 g/mol. The minimum Gasteiger partial charge on any atom is -0.355 e. The molecule has 0 aliphatic rings. The lowest BCUT2D eigenvalue weighted by atomic mass is 10.2. The van der Waals surface area contributed by atoms with Crippen LogP contribution in [-0.4, -0.2) is 12.5 Å². The topological polar surface area (TPSA) is 59.7 Å². The fourth-order valence-corrected chi connectivity index (χ4v) is 0.765. The first-order valence-electron chi connectivity index (χ1n) is 3.81. The Morgan fingerprint density at radius 1 is 1.30 bits per heavy atom. The van der Waals surface area contributed by atoms with Crippen LogP contribution in [0.1, 0.15) is 32.6 Å². The quantitative estimate of drug-likeness (QED) is 0.340. The zero-order valence-electron chi connectivity index (χ0n) is 6.54. The van der Waals surface area contributed by atoms with Gasteiger partial charge < -0.3 is 5.32 Å². The summed E-state index contributed by atoms with van der Waals surface area (Å²) in [5.41, 5.74) is 6.73. The Hall–Kier alpha value is -0.730. The van der Waals surface area contributed by atoms with Crippen molar-refractivity contribution in [2.24, 2.45) is 0 Å². The van der Waals surface area contributed by atoms with Crippen molar-refractivity contribution in [3.63, 3.8) is 0 Å². The third-order valence-corrected chi connectivity index (χ3v) is 1.33. The van der Waals surface area contributed by atoms with Gasteiger partial charge in [-0.1, -0.05) is 26.2 Å². The third kappa shape index (κ3) is 7.27. The second-order valence-corrected chi connectivity index (χ2v) is 2.36. The van der Waals surface area contributed by atoms with Crippen LogP contribution < -0.4 is 11.1 Å². The highest BCUT2D eigenvalue weighted by molar-refractivity contribution is 5.73. The van der Waals surface area contributed by atoms with E-state index in [-0.39, 0.29) is 5.96 Å². The first kappa shape index (κ1) is 9.27. The van der Waals surface area contributed by atoms with Crippen molar-refractivity contribution in [1.29, 1.82) is 5.41 Å². The molecule has 0 aromatic rings. The van der Waals surface area contributed by atoms with Crippen LogP contribution >= 0.6 is 0 Å². The molecule has 3 nitrogen and oxygen atoms in total. The van der Waals surface area contributed by atoms with E-state index in [1.807, 2.05) is 0 Å². The Kier molecular flexibility index (Phi) is 5.92. The molecule has 1 radical (unpaired) electrons. The SMILES string of the molecule is CCCCCCNC([NH])=N. The molecule has 0 atom stereocenters. The lowest BCUT2D eigenvalue weighted by molar-refractivity contribution is 0.652. The van der Waals surface area contributed by atoms with Crippen LogP contribution in [-0.2, 0) is 0 Å². The van der Waals surface area contributed by atoms with Gasteiger partial charge in [0.15, 0.2) is 0 Å². The smallest absolute Gasteiger partial charge is 0.207 e. The van der Waals surface area contributed by atoms with Gasteiger partial charge in [0, 0.05) is 6.54 Å². The minimum atomic E-state index is -0.170. The number of guanidine groups is 1. The van der Waals surface area contributed by atoms with Gasteiger partial charge in [0.2, 0.25) is 5.96 Å². The van der Waals surface area contributed by atoms with E-state index < -0.39 is 0 Å². The second-order valence-electron chi connectivity index (χ2n) is 2.36. The lowest BCUT2D eigenvalue weighted by Gasteiger charge is -2.00. The Morgan fingerprint density at radius 3 is 2.50 bits per heavy atom. The van der Waals surface area contributed by atoms with Crippen molar-refractivity contribution < 1.29 is 0 Å². The Balaban J connectivity index is 2.84. The maximum Gasteiger partial charge on any atom is 0.207 e. The monoisotopic (exact) mass is 142 g/mol. The van der Waals surface area contributed by atoms with Crippen molar-refractivity contribution >= 4 is 5.96 Å². The molecule has 0 aliphatic carbocycles. The van der Waals surface area contributed by atoms with Gasteiger partial charge in [0.25, 0.3) is 0 Å². The number of nitrogens with one attached hydrogen (secondary N) is 3. The molecule has 0 fully saturated rings. The number of hydrogen-bond donors (Lipinski definition) is 2. The van der Waals surface area contributed by atoms with Crippen LogP contribution in [0.5, 0.6) is 0 Å². The van der Waals surface area contributed by atoms with E-state index in [1.165, 1.54) is 19.3 Å². The van der Waals surface area contributed by atoms with Crippen molar-refractivity contribution in [2.45, 2.75) is 32.6 Å². The summed E-state index contributed by atoms with van der Waals surface area (Å²) < 4.78 is 0. The standard InChI is InChI=1S/C7H16N3/c1-2-3-4-5-6-10-7(8)9/h8H,2-6H2,1H3,(H2,9,10). The van der Waals surface area contributed by atoms with Gasteiger partial charge in [-0.15, -0.1) is 0 Å². The fourth-order valence-electron chi connectivity index (χ4n) is 0.765. The number of hydrogen-bond acceptors (Lipinski definition) is 1. The summed E-state index contributed by atoms with van der Waals surface area (Å²) >= 11 is 0. The molecular formula is C7H16N3. The second kappa shape index (κ2) is 6.39. The Morgan fingerprint density at radius 2 is 2.00 bits per heavy atom. The fraction of sp³-hybridized carbons (Fsp3) is 0.857. The summed E-state index contributed by atoms with van der Waals surface area (Å²) in [5, 5.41) is 9.38. The van der Waals surface area contributed by atoms with Crippen LogP contribution in [0.3, 0.4) is 0 Å². The molecule has 0 heterocycles. The molecule has 0 saturated carbocycles. The molecule has 0 rings (SSSR count). The molecule has 0 spiro atoms. The third-order valence-electron chi connectivity index (χ3n) is 1.33. The van der Waals surface area contributed by atoms with Crippen molar-refractivity contribution in [3.8, 4) is 0 Å². The van der Waals surface area contributed by atoms with Crippen molar-refractivity contribution in [2.75, 3.05) is 6.54 Å². The summed E-state index contributed by atoms with van der Waals surface area (Å²) in [5.74, 6) is -0.170. The molecule has 0 aromatic carbocycles. The summed E-state index contributed by atoms with van der Waals surface area (Å²) in [6.07, 6.45) is 4.78. The van der Waals surface area contributed by atoms with E-state index in [4.69, 9.17) is 11.1 Å². The van der Waals surface area contributed by atoms with E-state index in [2.05, 4.69) is 12.2 Å². The van der Waals surface area contributed by atoms with Gasteiger partial charge in [0.1, 0.15) is 0 Å². The molecule has 3 N–H and O–H groups in total. The molecule has 0 aliphatic heterocycles. The highest BCUT2D eigenvalue weighted by Gasteiger charge is 1.88. The van der Waals surface area contributed by atoms with Crippen LogP contribution in [0.25, 0.3) is 0 Å². The van der Waals surface area contributed by atoms with Crippen LogP contribution in [0.4, 0.5) is 0 Å². The van der Waals surface area contributed by atoms with Gasteiger partial charge in [-0.05, 0) is 6.42 Å². The Labute approximate surface area is 62.5 Å². The molecule has 3 heteroatoms. The van der Waals surface area contributed by atoms with Gasteiger partial charge >= 0.3 is 0 Å². The highest BCUT2D eigenvalue weighted by atomic mass is 15.0. The summed E-state index contributed by atoms with van der Waals surface area (Å²) in [6.45, 7) is 2.95. The van der Waals surface area contributed by atoms with Gasteiger partial charge in [-0.25, -0.2) is 0 Å². The molecule has 10 heavy (non-hydrogen) atoms. The normalized spacial score (nSPS) is 9.30. The molecule has 0 amide bonds. The number of unbranched alkanes of at least 4 members (excludes halogenated alkanes) is 3. The first-order valence-corrected chi connectivity index (χ1v) is 3.81. The van der Waals surface area contributed by atoms with E-state index in [9.17, 15) is 0 Å². The number of rotatable bonds is 5. The van der Waals surface area contributed by atoms with Crippen LogP contribution in [0.2, 0.25) is 0 Å². The molecule has 0 aromatic heterocycles. The van der Waals surface area contributed by atoms with Gasteiger partial charge in [0.05, 0.1) is 0 Å². The summed E-state index contributed by atoms with van der Waals surface area (Å²) in [7, 11) is 0. The average molecular weight is 142 g/mol. The summed E-state index contributed by atoms with van der Waals surface area (Å²) in [4.78, 5) is 0. The molecule has 0 bridgehead atoms. The molecule has 0 unspecified atom stereocenters. The lowest BCUT2D eigenvalue weighted by Crippen LogP contribution is -2.23. The van der Waals surface area contributed by atoms with E-state index in [0.29, 0.717) is 0 Å². The average Bonchev–Trinajstić information content (AvgIpc) is 1.87. The van der Waals surface area contributed by atoms with Gasteiger partial charge in [-0.3, -0.25) is 11.1 Å². The van der Waals surface area contributed by atoms with E-state index >= 15 is 0 Å². The first-order chi connectivity index (χ1) is 4.77. The Bertz CT molecular complexity index is 90.9. The summed E-state index contributed by atoms with van der Waals surface area (Å²) in [6, 6.07) is 0. The van der Waals surface area contributed by atoms with E-state index in [1.54, 1.807) is 0 Å². The zero-order valence-corrected chi connectivity index (χ0v) is 6.54. The van der Waals surface area contributed by atoms with Crippen molar-refractivity contribution in [3.05, 3.63) is 0 Å². The van der Waals surface area contributed by atoms with Gasteiger partial charge in [-0.2, -0.15) is 0 Å². The largest absolute Gasteiger partial charge is 0.355 e. The predicted octanol–water partition coefficient (Wildman–Crippen LogP) is 1.37. The minimum absolute atomic E-state index is 0.170. The predicted molar refractivity (Wildman–Crippen MR) is 43.0 cm³/mol. The molecule has 0 saturated heterocycles. The van der Waals surface area contributed by atoms with Crippen LogP contribution in [0.15, 0.2) is 0 Å². The highest BCUT2D eigenvalue weighted by Crippen LogP contribution is 1.96. The van der Waals surface area contributed by atoms with Crippen LogP contribution in [0, 0.1) is 5.41 Å².